The number of halogens is 2. The van der Waals surface area contributed by atoms with Crippen molar-refractivity contribution in [3.8, 4) is 11.5 Å². The van der Waals surface area contributed by atoms with Crippen LogP contribution in [0.4, 0.5) is 14.5 Å². The molecule has 0 saturated carbocycles. The van der Waals surface area contributed by atoms with Crippen molar-refractivity contribution in [2.75, 3.05) is 5.32 Å². The number of hydrogen-bond acceptors (Lipinski definition) is 5. The summed E-state index contributed by atoms with van der Waals surface area (Å²) in [6.45, 7) is 1.66. The Bertz CT molecular complexity index is 991. The van der Waals surface area contributed by atoms with Crippen LogP contribution in [0, 0.1) is 18.6 Å². The third-order valence-electron chi connectivity index (χ3n) is 3.59. The molecule has 134 valence electrons. The molecule has 8 heteroatoms. The van der Waals surface area contributed by atoms with E-state index in [1.54, 1.807) is 6.92 Å². The second-order valence-corrected chi connectivity index (χ2v) is 5.57. The van der Waals surface area contributed by atoms with Crippen LogP contribution in [0.25, 0.3) is 0 Å². The number of aliphatic hydroxyl groups excluding tert-OH is 1. The molecule has 0 saturated heterocycles. The predicted octanol–water partition coefficient (Wildman–Crippen LogP) is 3.25. The van der Waals surface area contributed by atoms with E-state index in [1.165, 1.54) is 42.6 Å². The van der Waals surface area contributed by atoms with Gasteiger partial charge in [0.2, 0.25) is 0 Å². The van der Waals surface area contributed by atoms with Gasteiger partial charge in [0.15, 0.2) is 6.23 Å². The first-order chi connectivity index (χ1) is 12.4. The fourth-order valence-corrected chi connectivity index (χ4v) is 2.36. The fraction of sp³-hybridized carbons (Fsp3) is 0.111. The highest BCUT2D eigenvalue weighted by Gasteiger charge is 2.16. The smallest absolute Gasteiger partial charge is 0.266 e. The van der Waals surface area contributed by atoms with Crippen molar-refractivity contribution in [3.63, 3.8) is 0 Å². The summed E-state index contributed by atoms with van der Waals surface area (Å²) in [6.07, 6.45) is -0.0702. The minimum absolute atomic E-state index is 0.106. The van der Waals surface area contributed by atoms with Crippen LogP contribution in [0.5, 0.6) is 11.5 Å². The number of rotatable bonds is 5. The quantitative estimate of drug-likeness (QED) is 0.609. The highest BCUT2D eigenvalue weighted by atomic mass is 19.1. The van der Waals surface area contributed by atoms with Crippen LogP contribution < -0.4 is 15.6 Å². The minimum Gasteiger partial charge on any atom is -0.457 e. The summed E-state index contributed by atoms with van der Waals surface area (Å²) >= 11 is 0. The average molecular weight is 359 g/mol. The fourth-order valence-electron chi connectivity index (χ4n) is 2.36. The van der Waals surface area contributed by atoms with Gasteiger partial charge in [-0.1, -0.05) is 0 Å². The van der Waals surface area contributed by atoms with Crippen molar-refractivity contribution in [2.45, 2.75) is 13.2 Å². The third-order valence-corrected chi connectivity index (χ3v) is 3.59. The number of benzene rings is 2. The minimum atomic E-state index is -1.37. The van der Waals surface area contributed by atoms with Gasteiger partial charge < -0.3 is 15.2 Å². The number of aryl methyl sites for hydroxylation is 1. The molecular formula is C18H15F2N3O3. The van der Waals surface area contributed by atoms with Gasteiger partial charge in [-0.3, -0.25) is 4.79 Å². The zero-order chi connectivity index (χ0) is 18.7. The lowest BCUT2D eigenvalue weighted by Crippen LogP contribution is -2.14. The van der Waals surface area contributed by atoms with E-state index >= 15 is 0 Å². The van der Waals surface area contributed by atoms with Gasteiger partial charge in [0.25, 0.3) is 5.56 Å². The molecule has 0 spiro atoms. The Labute approximate surface area is 147 Å². The van der Waals surface area contributed by atoms with Gasteiger partial charge in [-0.25, -0.2) is 13.9 Å². The summed E-state index contributed by atoms with van der Waals surface area (Å²) in [5.41, 5.74) is 0.435. The van der Waals surface area contributed by atoms with Crippen LogP contribution in [0.15, 0.2) is 53.5 Å². The number of aliphatic hydroxyl groups is 1. The topological polar surface area (TPSA) is 87.2 Å². The molecule has 0 radical (unpaired) electrons. The summed E-state index contributed by atoms with van der Waals surface area (Å²) in [6, 6.07) is 8.82. The first-order valence-corrected chi connectivity index (χ1v) is 7.65. The van der Waals surface area contributed by atoms with Crippen LogP contribution in [0.2, 0.25) is 0 Å². The largest absolute Gasteiger partial charge is 0.457 e. The summed E-state index contributed by atoms with van der Waals surface area (Å²) in [5.74, 6) is -0.436. The van der Waals surface area contributed by atoms with E-state index in [0.29, 0.717) is 11.3 Å². The van der Waals surface area contributed by atoms with Crippen molar-refractivity contribution >= 4 is 5.69 Å². The SMILES string of the molecule is Cc1cc(F)ccc1Oc1ccc(F)cc1C(O)Nc1cn[nH]c(=O)c1. The van der Waals surface area contributed by atoms with Crippen LogP contribution in [-0.2, 0) is 0 Å². The van der Waals surface area contributed by atoms with Crippen LogP contribution in [0.1, 0.15) is 17.4 Å². The Hall–Kier alpha value is -3.26. The molecule has 1 heterocycles. The Kier molecular flexibility index (Phi) is 4.94. The summed E-state index contributed by atoms with van der Waals surface area (Å²) in [7, 11) is 0. The van der Waals surface area contributed by atoms with Crippen molar-refractivity contribution in [3.05, 3.63) is 81.8 Å². The zero-order valence-corrected chi connectivity index (χ0v) is 13.7. The van der Waals surface area contributed by atoms with E-state index in [2.05, 4.69) is 15.5 Å². The number of hydrogen-bond donors (Lipinski definition) is 3. The molecule has 0 bridgehead atoms. The molecule has 3 aromatic rings. The monoisotopic (exact) mass is 359 g/mol. The number of nitrogens with one attached hydrogen (secondary N) is 2. The molecule has 0 aliphatic rings. The Morgan fingerprint density at radius 3 is 2.50 bits per heavy atom. The van der Waals surface area contributed by atoms with E-state index in [-0.39, 0.29) is 17.0 Å². The van der Waals surface area contributed by atoms with E-state index in [1.807, 2.05) is 0 Å². The molecule has 0 aliphatic carbocycles. The molecule has 1 aromatic heterocycles. The van der Waals surface area contributed by atoms with Crippen LogP contribution >= 0.6 is 0 Å². The molecule has 0 aliphatic heterocycles. The van der Waals surface area contributed by atoms with Gasteiger partial charge in [0, 0.05) is 11.6 Å². The van der Waals surface area contributed by atoms with Crippen molar-refractivity contribution in [1.82, 2.24) is 10.2 Å². The molecule has 1 atom stereocenters. The number of anilines is 1. The number of aromatic nitrogens is 2. The number of ether oxygens (including phenoxy) is 1. The Morgan fingerprint density at radius 2 is 1.81 bits per heavy atom. The molecule has 6 nitrogen and oxygen atoms in total. The number of H-pyrrole nitrogens is 1. The van der Waals surface area contributed by atoms with Crippen molar-refractivity contribution in [1.29, 1.82) is 0 Å². The molecule has 0 fully saturated rings. The van der Waals surface area contributed by atoms with E-state index < -0.39 is 23.4 Å². The van der Waals surface area contributed by atoms with Crippen molar-refractivity contribution < 1.29 is 18.6 Å². The highest BCUT2D eigenvalue weighted by Crippen LogP contribution is 2.32. The number of aromatic amines is 1. The van der Waals surface area contributed by atoms with Crippen molar-refractivity contribution in [2.24, 2.45) is 0 Å². The third kappa shape index (κ3) is 4.04. The lowest BCUT2D eigenvalue weighted by molar-refractivity contribution is 0.203. The molecular weight excluding hydrogens is 344 g/mol. The maximum atomic E-state index is 13.7. The standard InChI is InChI=1S/C18H15F2N3O3/c1-10-6-11(19)2-4-15(10)26-16-5-3-12(20)7-14(16)18(25)22-13-8-17(24)23-21-9-13/h2-9,18,25H,1H3,(H2,22,23,24). The van der Waals surface area contributed by atoms with E-state index in [0.717, 1.165) is 6.07 Å². The summed E-state index contributed by atoms with van der Waals surface area (Å²) in [5, 5.41) is 18.9. The van der Waals surface area contributed by atoms with Gasteiger partial charge >= 0.3 is 0 Å². The van der Waals surface area contributed by atoms with E-state index in [9.17, 15) is 18.7 Å². The lowest BCUT2D eigenvalue weighted by atomic mass is 10.1. The molecule has 3 rings (SSSR count). The molecule has 1 unspecified atom stereocenters. The Balaban J connectivity index is 1.91. The summed E-state index contributed by atoms with van der Waals surface area (Å²) < 4.78 is 32.6. The first kappa shape index (κ1) is 17.6. The lowest BCUT2D eigenvalue weighted by Gasteiger charge is -2.18. The van der Waals surface area contributed by atoms with Crippen LogP contribution in [-0.4, -0.2) is 15.3 Å². The second-order valence-electron chi connectivity index (χ2n) is 5.57. The normalized spacial score (nSPS) is 11.8. The maximum absolute atomic E-state index is 13.7. The molecule has 2 aromatic carbocycles. The second kappa shape index (κ2) is 7.32. The van der Waals surface area contributed by atoms with Gasteiger partial charge in [-0.2, -0.15) is 5.10 Å². The highest BCUT2D eigenvalue weighted by molar-refractivity contribution is 5.46. The maximum Gasteiger partial charge on any atom is 0.266 e. The zero-order valence-electron chi connectivity index (χ0n) is 13.7. The molecule has 0 amide bonds. The first-order valence-electron chi connectivity index (χ1n) is 7.65. The molecule has 3 N–H and O–H groups in total. The van der Waals surface area contributed by atoms with Gasteiger partial charge in [-0.05, 0) is 48.9 Å². The van der Waals surface area contributed by atoms with Gasteiger partial charge in [0.05, 0.1) is 11.9 Å². The van der Waals surface area contributed by atoms with E-state index in [4.69, 9.17) is 4.74 Å². The molecule has 26 heavy (non-hydrogen) atoms. The predicted molar refractivity (Wildman–Crippen MR) is 91.1 cm³/mol. The number of nitrogens with zero attached hydrogens (tertiary/aromatic N) is 1. The van der Waals surface area contributed by atoms with Crippen LogP contribution in [0.3, 0.4) is 0 Å². The van der Waals surface area contributed by atoms with Gasteiger partial charge in [0.1, 0.15) is 23.1 Å². The van der Waals surface area contributed by atoms with Gasteiger partial charge in [-0.15, -0.1) is 0 Å². The summed E-state index contributed by atoms with van der Waals surface area (Å²) in [4.78, 5) is 11.3. The average Bonchev–Trinajstić information content (AvgIpc) is 2.58. The Morgan fingerprint density at radius 1 is 1.12 bits per heavy atom.